The van der Waals surface area contributed by atoms with Crippen LogP contribution in [-0.4, -0.2) is 84.9 Å². The van der Waals surface area contributed by atoms with Crippen LogP contribution in [0.15, 0.2) is 78.3 Å². The summed E-state index contributed by atoms with van der Waals surface area (Å²) in [7, 11) is 1.03. The molecule has 0 N–H and O–H groups in total. The van der Waals surface area contributed by atoms with E-state index in [2.05, 4.69) is 101 Å². The van der Waals surface area contributed by atoms with Gasteiger partial charge in [0, 0.05) is 27.1 Å². The van der Waals surface area contributed by atoms with Gasteiger partial charge in [-0.15, -0.1) is 0 Å². The molecule has 1 unspecified atom stereocenters. The summed E-state index contributed by atoms with van der Waals surface area (Å²) in [5, 5.41) is 2.27. The average Bonchev–Trinajstić information content (AvgIpc) is 3.61. The van der Waals surface area contributed by atoms with Crippen molar-refractivity contribution >= 4 is 42.0 Å². The van der Waals surface area contributed by atoms with Crippen molar-refractivity contribution in [2.75, 3.05) is 27.3 Å². The van der Waals surface area contributed by atoms with Crippen LogP contribution in [0, 0.1) is 0 Å². The molecule has 0 saturated carbocycles. The molecule has 0 spiro atoms. The molecule has 10 nitrogen and oxygen atoms in total. The third-order valence-electron chi connectivity index (χ3n) is 7.89. The van der Waals surface area contributed by atoms with Crippen molar-refractivity contribution in [1.29, 1.82) is 0 Å². The van der Waals surface area contributed by atoms with Gasteiger partial charge < -0.3 is 23.5 Å². The van der Waals surface area contributed by atoms with Crippen LogP contribution in [0.3, 0.4) is 0 Å². The van der Waals surface area contributed by atoms with Crippen LogP contribution in [0.2, 0.25) is 5.04 Å². The summed E-state index contributed by atoms with van der Waals surface area (Å²) in [5.74, 6) is 0.504. The second-order valence-corrected chi connectivity index (χ2v) is 16.6. The molecule has 1 aliphatic rings. The number of rotatable bonds is 12. The molecule has 0 bridgehead atoms. The summed E-state index contributed by atoms with van der Waals surface area (Å²) < 4.78 is 28.2. The largest absolute Gasteiger partial charge is 0.405 e. The SMILES string of the molecule is CCO[C@@H](C)OC1C[C@H](n2cnc3c(/N=C/N(C)C)ncnc32)O[C@@H]1CO[Si](c1ccccc1)(c1ccccc1)C(C)(C)C. The maximum Gasteiger partial charge on any atom is 0.261 e. The van der Waals surface area contributed by atoms with Crippen LogP contribution in [0.5, 0.6) is 0 Å². The van der Waals surface area contributed by atoms with E-state index in [1.807, 2.05) is 37.4 Å². The lowest BCUT2D eigenvalue weighted by Gasteiger charge is -2.43. The summed E-state index contributed by atoms with van der Waals surface area (Å²) in [5.41, 5.74) is 1.27. The second kappa shape index (κ2) is 13.7. The second-order valence-electron chi connectivity index (χ2n) is 12.3. The number of imidazole rings is 1. The number of aromatic nitrogens is 4. The van der Waals surface area contributed by atoms with Crippen LogP contribution >= 0.6 is 0 Å². The summed E-state index contributed by atoms with van der Waals surface area (Å²) in [6, 6.07) is 21.3. The number of aliphatic imine (C=N–C) groups is 1. The van der Waals surface area contributed by atoms with Gasteiger partial charge in [-0.25, -0.2) is 19.9 Å². The van der Waals surface area contributed by atoms with E-state index in [4.69, 9.17) is 18.6 Å². The fraction of sp³-hybridized carbons (Fsp3) is 0.455. The number of hydrogen-bond donors (Lipinski definition) is 0. The molecule has 0 amide bonds. The van der Waals surface area contributed by atoms with Crippen LogP contribution in [0.1, 0.15) is 47.3 Å². The van der Waals surface area contributed by atoms with Gasteiger partial charge in [0.05, 0.1) is 25.4 Å². The fourth-order valence-electron chi connectivity index (χ4n) is 5.97. The molecular weight excluding hydrogens is 572 g/mol. The molecule has 234 valence electrons. The van der Waals surface area contributed by atoms with Crippen LogP contribution in [0.4, 0.5) is 5.82 Å². The molecule has 44 heavy (non-hydrogen) atoms. The van der Waals surface area contributed by atoms with Crippen molar-refractivity contribution in [1.82, 2.24) is 24.4 Å². The Labute approximate surface area is 261 Å². The van der Waals surface area contributed by atoms with Crippen molar-refractivity contribution in [3.05, 3.63) is 73.3 Å². The average molecular weight is 617 g/mol. The lowest BCUT2D eigenvalue weighted by atomic mass is 10.2. The molecule has 5 rings (SSSR count). The minimum absolute atomic E-state index is 0.163. The van der Waals surface area contributed by atoms with Gasteiger partial charge in [-0.3, -0.25) is 4.57 Å². The van der Waals surface area contributed by atoms with Gasteiger partial charge in [0.1, 0.15) is 18.7 Å². The van der Waals surface area contributed by atoms with E-state index in [1.165, 1.54) is 16.7 Å². The molecule has 3 heterocycles. The molecule has 4 aromatic rings. The van der Waals surface area contributed by atoms with E-state index in [1.54, 1.807) is 12.7 Å². The third kappa shape index (κ3) is 6.62. The van der Waals surface area contributed by atoms with Crippen LogP contribution in [-0.2, 0) is 18.6 Å². The van der Waals surface area contributed by atoms with E-state index in [9.17, 15) is 0 Å². The highest BCUT2D eigenvalue weighted by atomic mass is 28.4. The number of ether oxygens (including phenoxy) is 3. The minimum Gasteiger partial charge on any atom is -0.405 e. The van der Waals surface area contributed by atoms with Gasteiger partial charge in [-0.1, -0.05) is 81.4 Å². The number of hydrogen-bond acceptors (Lipinski definition) is 8. The summed E-state index contributed by atoms with van der Waals surface area (Å²) in [6.07, 6.45) is 4.14. The van der Waals surface area contributed by atoms with Gasteiger partial charge >= 0.3 is 0 Å². The van der Waals surface area contributed by atoms with Gasteiger partial charge in [0.2, 0.25) is 0 Å². The van der Waals surface area contributed by atoms with E-state index < -0.39 is 14.6 Å². The molecule has 0 radical (unpaired) electrons. The lowest BCUT2D eigenvalue weighted by Crippen LogP contribution is -2.67. The van der Waals surface area contributed by atoms with E-state index in [-0.39, 0.29) is 23.5 Å². The first-order valence-electron chi connectivity index (χ1n) is 15.2. The zero-order valence-electron chi connectivity index (χ0n) is 26.8. The zero-order chi connectivity index (χ0) is 31.3. The van der Waals surface area contributed by atoms with Crippen molar-refractivity contribution in [3.8, 4) is 0 Å². The lowest BCUT2D eigenvalue weighted by molar-refractivity contribution is -0.172. The third-order valence-corrected chi connectivity index (χ3v) is 12.9. The highest BCUT2D eigenvalue weighted by Crippen LogP contribution is 2.39. The van der Waals surface area contributed by atoms with E-state index >= 15 is 0 Å². The first kappa shape index (κ1) is 31.9. The van der Waals surface area contributed by atoms with Crippen LogP contribution < -0.4 is 10.4 Å². The maximum atomic E-state index is 7.27. The Kier molecular flexibility index (Phi) is 9.91. The molecule has 11 heteroatoms. The molecule has 2 aromatic carbocycles. The Morgan fingerprint density at radius 3 is 2.30 bits per heavy atom. The van der Waals surface area contributed by atoms with E-state index in [0.29, 0.717) is 36.6 Å². The Balaban J connectivity index is 1.48. The van der Waals surface area contributed by atoms with Gasteiger partial charge in [0.25, 0.3) is 8.32 Å². The van der Waals surface area contributed by atoms with Crippen molar-refractivity contribution in [2.45, 2.75) is 70.8 Å². The monoisotopic (exact) mass is 616 g/mol. The fourth-order valence-corrected chi connectivity index (χ4v) is 10.5. The molecule has 0 aliphatic carbocycles. The molecule has 2 aromatic heterocycles. The summed E-state index contributed by atoms with van der Waals surface area (Å²) >= 11 is 0. The molecule has 1 aliphatic heterocycles. The number of benzene rings is 2. The summed E-state index contributed by atoms with van der Waals surface area (Å²) in [4.78, 5) is 19.8. The van der Waals surface area contributed by atoms with E-state index in [0.717, 1.165) is 0 Å². The molecule has 1 fully saturated rings. The van der Waals surface area contributed by atoms with Crippen LogP contribution in [0.25, 0.3) is 11.2 Å². The first-order chi connectivity index (χ1) is 21.1. The smallest absolute Gasteiger partial charge is 0.261 e. The predicted octanol–water partition coefficient (Wildman–Crippen LogP) is 4.68. The quantitative estimate of drug-likeness (QED) is 0.0980. The Hall–Kier alpha value is -3.48. The zero-order valence-corrected chi connectivity index (χ0v) is 27.8. The van der Waals surface area contributed by atoms with Gasteiger partial charge in [0.15, 0.2) is 23.3 Å². The Morgan fingerprint density at radius 2 is 1.70 bits per heavy atom. The molecule has 1 saturated heterocycles. The summed E-state index contributed by atoms with van der Waals surface area (Å²) in [6.45, 7) is 11.6. The minimum atomic E-state index is -2.79. The maximum absolute atomic E-state index is 7.27. The van der Waals surface area contributed by atoms with Crippen molar-refractivity contribution in [2.24, 2.45) is 4.99 Å². The molecular formula is C33H44N6O4Si. The van der Waals surface area contributed by atoms with Gasteiger partial charge in [-0.2, -0.15) is 0 Å². The Morgan fingerprint density at radius 1 is 1.05 bits per heavy atom. The van der Waals surface area contributed by atoms with Crippen molar-refractivity contribution < 1.29 is 18.6 Å². The number of fused-ring (bicyclic) bond motifs is 1. The predicted molar refractivity (Wildman–Crippen MR) is 175 cm³/mol. The normalized spacial score (nSPS) is 20.0. The standard InChI is InChI=1S/C33H44N6O4Si/c1-8-40-24(2)42-27-19-29(39-23-36-30-31(37-22-38(6)7)34-21-35-32(30)39)43-28(27)20-41-44(33(3,4)5,25-15-11-9-12-16-25)26-17-13-10-14-18-26/h9-18,21-24,27-29H,8,19-20H2,1-7H3/b37-22+/t24-,27?,28-,29-/m1/s1. The topological polar surface area (TPSA) is 96.1 Å². The first-order valence-corrected chi connectivity index (χ1v) is 17.1. The Bertz CT molecular complexity index is 1490. The number of nitrogens with zero attached hydrogens (tertiary/aromatic N) is 6. The van der Waals surface area contributed by atoms with Crippen molar-refractivity contribution in [3.63, 3.8) is 0 Å². The van der Waals surface area contributed by atoms with Gasteiger partial charge in [-0.05, 0) is 29.3 Å². The molecule has 4 atom stereocenters. The highest BCUT2D eigenvalue weighted by molar-refractivity contribution is 6.99. The highest BCUT2D eigenvalue weighted by Gasteiger charge is 2.51.